The summed E-state index contributed by atoms with van der Waals surface area (Å²) in [6.45, 7) is 9.42. The van der Waals surface area contributed by atoms with E-state index in [0.717, 1.165) is 41.1 Å². The number of nitrogens with zero attached hydrogens (tertiary/aromatic N) is 3. The Bertz CT molecular complexity index is 1020. The van der Waals surface area contributed by atoms with Crippen LogP contribution in [0.1, 0.15) is 36.6 Å². The lowest BCUT2D eigenvalue weighted by atomic mass is 10.2. The summed E-state index contributed by atoms with van der Waals surface area (Å²) in [6, 6.07) is 18.0. The molecule has 35 heavy (non-hydrogen) atoms. The lowest BCUT2D eigenvalue weighted by Crippen LogP contribution is -2.36. The largest absolute Gasteiger partial charge is 0.439 e. The van der Waals surface area contributed by atoms with E-state index in [1.807, 2.05) is 73.1 Å². The highest BCUT2D eigenvalue weighted by Gasteiger charge is 2.22. The minimum absolute atomic E-state index is 0.318. The smallest absolute Gasteiger partial charge is 0.227 e. The first kappa shape index (κ1) is 26.9. The van der Waals surface area contributed by atoms with Gasteiger partial charge in [0.25, 0.3) is 0 Å². The number of methoxy groups -OCH3 is 1. The molecule has 0 bridgehead atoms. The zero-order chi connectivity index (χ0) is 25.0. The van der Waals surface area contributed by atoms with E-state index < -0.39 is 6.10 Å². The topological polar surface area (TPSA) is 69.0 Å². The number of aliphatic hydroxyl groups is 1. The summed E-state index contributed by atoms with van der Waals surface area (Å²) >= 11 is 0. The summed E-state index contributed by atoms with van der Waals surface area (Å²) in [4.78, 5) is 2.17. The predicted octanol–water partition coefficient (Wildman–Crippen LogP) is 4.91. The Morgan fingerprint density at radius 2 is 1.86 bits per heavy atom. The molecule has 7 nitrogen and oxygen atoms in total. The van der Waals surface area contributed by atoms with E-state index in [2.05, 4.69) is 11.8 Å². The monoisotopic (exact) mass is 481 g/mol. The fourth-order valence-electron chi connectivity index (χ4n) is 3.86. The van der Waals surface area contributed by atoms with E-state index in [4.69, 9.17) is 19.3 Å². The van der Waals surface area contributed by atoms with Crippen molar-refractivity contribution in [2.45, 2.75) is 46.3 Å². The summed E-state index contributed by atoms with van der Waals surface area (Å²) < 4.78 is 19.3. The zero-order valence-electron chi connectivity index (χ0n) is 21.4. The lowest BCUT2D eigenvalue weighted by molar-refractivity contribution is 0.0100. The average Bonchev–Trinajstić information content (AvgIpc) is 3.15. The van der Waals surface area contributed by atoms with Gasteiger partial charge in [-0.3, -0.25) is 4.90 Å². The number of unbranched alkanes of at least 4 members (excludes halogenated alkanes) is 1. The summed E-state index contributed by atoms with van der Waals surface area (Å²) in [7, 11) is 1.69. The fourth-order valence-corrected chi connectivity index (χ4v) is 3.86. The van der Waals surface area contributed by atoms with Crippen LogP contribution in [0.3, 0.4) is 0 Å². The van der Waals surface area contributed by atoms with E-state index in [1.54, 1.807) is 7.11 Å². The molecule has 1 atom stereocenters. The molecular formula is C28H39N3O4. The molecule has 2 aromatic carbocycles. The molecule has 7 heteroatoms. The second-order valence-corrected chi connectivity index (χ2v) is 8.85. The Morgan fingerprint density at radius 1 is 1.06 bits per heavy atom. The first-order valence-electron chi connectivity index (χ1n) is 12.4. The summed E-state index contributed by atoms with van der Waals surface area (Å²) in [5.74, 6) is 1.44. The van der Waals surface area contributed by atoms with Crippen molar-refractivity contribution in [3.63, 3.8) is 0 Å². The quantitative estimate of drug-likeness (QED) is 0.311. The predicted molar refractivity (Wildman–Crippen MR) is 138 cm³/mol. The van der Waals surface area contributed by atoms with Gasteiger partial charge in [0.2, 0.25) is 5.88 Å². The Kier molecular flexibility index (Phi) is 10.8. The number of benzene rings is 2. The highest BCUT2D eigenvalue weighted by molar-refractivity contribution is 5.43. The van der Waals surface area contributed by atoms with Crippen molar-refractivity contribution in [2.24, 2.45) is 0 Å². The second-order valence-electron chi connectivity index (χ2n) is 8.85. The second kappa shape index (κ2) is 14.0. The van der Waals surface area contributed by atoms with Gasteiger partial charge >= 0.3 is 0 Å². The van der Waals surface area contributed by atoms with Crippen LogP contribution in [-0.2, 0) is 16.0 Å². The van der Waals surface area contributed by atoms with Gasteiger partial charge in [0.05, 0.1) is 36.3 Å². The molecular weight excluding hydrogens is 442 g/mol. The molecule has 0 aliphatic carbocycles. The van der Waals surface area contributed by atoms with Crippen LogP contribution in [0.5, 0.6) is 11.6 Å². The van der Waals surface area contributed by atoms with Gasteiger partial charge < -0.3 is 19.3 Å². The van der Waals surface area contributed by atoms with Gasteiger partial charge in [-0.15, -0.1) is 0 Å². The number of para-hydroxylation sites is 1. The summed E-state index contributed by atoms with van der Waals surface area (Å²) in [5, 5.41) is 15.5. The number of ether oxygens (including phenoxy) is 3. The molecule has 0 saturated carbocycles. The molecule has 0 aliphatic rings. The third-order valence-corrected chi connectivity index (χ3v) is 5.76. The molecule has 0 spiro atoms. The van der Waals surface area contributed by atoms with Crippen molar-refractivity contribution in [1.82, 2.24) is 14.7 Å². The van der Waals surface area contributed by atoms with E-state index >= 15 is 0 Å². The molecule has 190 valence electrons. The van der Waals surface area contributed by atoms with Crippen molar-refractivity contribution < 1.29 is 19.3 Å². The van der Waals surface area contributed by atoms with E-state index in [1.165, 1.54) is 0 Å². The molecule has 0 radical (unpaired) electrons. The SMILES string of the molecule is CCCCOCC(O)CN(CCOC)Cc1c(C)nn(-c2ccccc2)c1Oc1cccc(C)c1. The van der Waals surface area contributed by atoms with Crippen molar-refractivity contribution in [3.05, 3.63) is 71.4 Å². The van der Waals surface area contributed by atoms with E-state index in [0.29, 0.717) is 45.3 Å². The number of aliphatic hydroxyl groups excluding tert-OH is 1. The molecule has 0 fully saturated rings. The fraction of sp³-hybridized carbons (Fsp3) is 0.464. The Hall–Kier alpha value is -2.71. The molecule has 1 unspecified atom stereocenters. The van der Waals surface area contributed by atoms with Crippen LogP contribution in [-0.4, -0.2) is 65.9 Å². The molecule has 3 rings (SSSR count). The van der Waals surface area contributed by atoms with Gasteiger partial charge in [0.15, 0.2) is 0 Å². The maximum atomic E-state index is 10.6. The molecule has 1 aromatic heterocycles. The number of rotatable bonds is 15. The number of hydrogen-bond acceptors (Lipinski definition) is 6. The van der Waals surface area contributed by atoms with Crippen LogP contribution in [0.2, 0.25) is 0 Å². The van der Waals surface area contributed by atoms with Crippen LogP contribution < -0.4 is 4.74 Å². The van der Waals surface area contributed by atoms with Crippen LogP contribution in [0, 0.1) is 13.8 Å². The molecule has 3 aromatic rings. The first-order valence-corrected chi connectivity index (χ1v) is 12.4. The maximum Gasteiger partial charge on any atom is 0.227 e. The van der Waals surface area contributed by atoms with Crippen molar-refractivity contribution in [2.75, 3.05) is 40.0 Å². The van der Waals surface area contributed by atoms with Crippen molar-refractivity contribution in [1.29, 1.82) is 0 Å². The van der Waals surface area contributed by atoms with Gasteiger partial charge in [-0.05, 0) is 50.1 Å². The van der Waals surface area contributed by atoms with Crippen molar-refractivity contribution >= 4 is 0 Å². The summed E-state index contributed by atoms with van der Waals surface area (Å²) in [5.41, 5.74) is 3.91. The molecule has 1 N–H and O–H groups in total. The van der Waals surface area contributed by atoms with Crippen LogP contribution in [0.4, 0.5) is 0 Å². The third-order valence-electron chi connectivity index (χ3n) is 5.76. The van der Waals surface area contributed by atoms with Gasteiger partial charge in [-0.2, -0.15) is 5.10 Å². The third kappa shape index (κ3) is 8.18. The Balaban J connectivity index is 1.87. The summed E-state index contributed by atoms with van der Waals surface area (Å²) in [6.07, 6.45) is 1.48. The maximum absolute atomic E-state index is 10.6. The van der Waals surface area contributed by atoms with E-state index in [9.17, 15) is 5.11 Å². The highest BCUT2D eigenvalue weighted by Crippen LogP contribution is 2.32. The average molecular weight is 482 g/mol. The van der Waals surface area contributed by atoms with Gasteiger partial charge in [-0.1, -0.05) is 43.7 Å². The molecule has 0 amide bonds. The van der Waals surface area contributed by atoms with Crippen LogP contribution >= 0.6 is 0 Å². The standard InChI is InChI=1S/C28H39N3O4/c1-5-6-16-34-21-25(32)19-30(15-17-33-4)20-27-23(3)29-31(24-12-8-7-9-13-24)28(27)35-26-14-10-11-22(2)18-26/h7-14,18,25,32H,5-6,15-17,19-21H2,1-4H3. The normalized spacial score (nSPS) is 12.3. The van der Waals surface area contributed by atoms with Crippen LogP contribution in [0.25, 0.3) is 5.69 Å². The van der Waals surface area contributed by atoms with E-state index in [-0.39, 0.29) is 0 Å². The molecule has 0 saturated heterocycles. The number of aromatic nitrogens is 2. The number of aryl methyl sites for hydroxylation is 2. The van der Waals surface area contributed by atoms with Crippen molar-refractivity contribution in [3.8, 4) is 17.3 Å². The van der Waals surface area contributed by atoms with Gasteiger partial charge in [-0.25, -0.2) is 4.68 Å². The zero-order valence-corrected chi connectivity index (χ0v) is 21.4. The Morgan fingerprint density at radius 3 is 2.57 bits per heavy atom. The van der Waals surface area contributed by atoms with Crippen LogP contribution in [0.15, 0.2) is 54.6 Å². The lowest BCUT2D eigenvalue weighted by Gasteiger charge is -2.25. The molecule has 0 aliphatic heterocycles. The number of hydrogen-bond donors (Lipinski definition) is 1. The first-order chi connectivity index (χ1) is 17.0. The minimum atomic E-state index is -0.589. The minimum Gasteiger partial charge on any atom is -0.439 e. The molecule has 1 heterocycles. The Labute approximate surface area is 209 Å². The highest BCUT2D eigenvalue weighted by atomic mass is 16.5. The van der Waals surface area contributed by atoms with Gasteiger partial charge in [0, 0.05) is 33.4 Å². The van der Waals surface area contributed by atoms with Gasteiger partial charge in [0.1, 0.15) is 5.75 Å².